The molecule has 1 aromatic heterocycles. The first kappa shape index (κ1) is 24.0. The molecule has 3 aromatic carbocycles. The van der Waals surface area contributed by atoms with Crippen LogP contribution >= 0.6 is 0 Å². The van der Waals surface area contributed by atoms with E-state index in [1.54, 1.807) is 14.2 Å². The average molecular weight is 475 g/mol. The summed E-state index contributed by atoms with van der Waals surface area (Å²) in [4.78, 5) is 13.3. The van der Waals surface area contributed by atoms with Gasteiger partial charge in [-0.2, -0.15) is 0 Å². The highest BCUT2D eigenvalue weighted by Crippen LogP contribution is 2.42. The van der Waals surface area contributed by atoms with Crippen LogP contribution in [-0.2, 0) is 9.84 Å². The molecule has 5 nitrogen and oxygen atoms in total. The molecule has 6 heteroatoms. The van der Waals surface area contributed by atoms with Crippen LogP contribution < -0.4 is 14.9 Å². The molecule has 1 atom stereocenters. The maximum Gasteiger partial charge on any atom is 0.208 e. The first-order valence-electron chi connectivity index (χ1n) is 11.4. The Kier molecular flexibility index (Phi) is 6.56. The van der Waals surface area contributed by atoms with E-state index < -0.39 is 15.3 Å². The molecule has 0 aliphatic rings. The Bertz CT molecular complexity index is 1320. The first-order chi connectivity index (χ1) is 16.2. The Morgan fingerprint density at radius 3 is 1.71 bits per heavy atom. The van der Waals surface area contributed by atoms with Gasteiger partial charge in [0.25, 0.3) is 0 Å². The first-order valence-corrected chi connectivity index (χ1v) is 13.8. The fourth-order valence-corrected chi connectivity index (χ4v) is 5.27. The Morgan fingerprint density at radius 1 is 0.824 bits per heavy atom. The van der Waals surface area contributed by atoms with Gasteiger partial charge in [-0.3, -0.25) is 4.79 Å². The van der Waals surface area contributed by atoms with Crippen molar-refractivity contribution in [3.05, 3.63) is 82.0 Å². The van der Waals surface area contributed by atoms with Gasteiger partial charge in [0.05, 0.1) is 25.3 Å². The monoisotopic (exact) mass is 474 g/mol. The minimum Gasteiger partial charge on any atom is -0.496 e. The van der Waals surface area contributed by atoms with Crippen molar-refractivity contribution in [1.29, 1.82) is 0 Å². The van der Waals surface area contributed by atoms with Gasteiger partial charge >= 0.3 is 0 Å². The topological polar surface area (TPSA) is 49.7 Å². The van der Waals surface area contributed by atoms with E-state index in [1.807, 2.05) is 60.7 Å². The molecule has 4 rings (SSSR count). The van der Waals surface area contributed by atoms with Gasteiger partial charge in [0.2, 0.25) is 9.04 Å². The second-order valence-corrected chi connectivity index (χ2v) is 11.7. The smallest absolute Gasteiger partial charge is 0.208 e. The second-order valence-electron chi connectivity index (χ2n) is 9.66. The highest BCUT2D eigenvalue weighted by atomic mass is 28.3. The van der Waals surface area contributed by atoms with Crippen molar-refractivity contribution in [2.45, 2.75) is 45.5 Å². The molecule has 4 aromatic rings. The van der Waals surface area contributed by atoms with Gasteiger partial charge in [-0.15, -0.1) is 0 Å². The fraction of sp³-hybridized carbons (Fsp3) is 0.321. The molecule has 0 amide bonds. The van der Waals surface area contributed by atoms with Crippen LogP contribution in [0.3, 0.4) is 0 Å². The van der Waals surface area contributed by atoms with Gasteiger partial charge in [0.1, 0.15) is 11.5 Å². The molecule has 0 saturated carbocycles. The molecule has 0 N–H and O–H groups in total. The SMILES string of the molecule is COc1cc(C(O[Si](C)C)n2c3ccccc3c(=O)c3ccccc32)cc(OC)c1C(C)(C)C. The maximum absolute atomic E-state index is 13.3. The lowest BCUT2D eigenvalue weighted by Crippen LogP contribution is -2.24. The summed E-state index contributed by atoms with van der Waals surface area (Å²) in [5.74, 6) is 1.51. The van der Waals surface area contributed by atoms with Crippen molar-refractivity contribution in [3.8, 4) is 11.5 Å². The summed E-state index contributed by atoms with van der Waals surface area (Å²) in [6, 6.07) is 19.5. The molecule has 0 aliphatic carbocycles. The van der Waals surface area contributed by atoms with Crippen molar-refractivity contribution < 1.29 is 13.9 Å². The summed E-state index contributed by atoms with van der Waals surface area (Å²) in [5.41, 5.74) is 3.43. The quantitative estimate of drug-likeness (QED) is 0.244. The van der Waals surface area contributed by atoms with Crippen molar-refractivity contribution in [1.82, 2.24) is 4.57 Å². The zero-order chi connectivity index (χ0) is 24.6. The molecular formula is C28H32NO4Si. The molecule has 1 unspecified atom stereocenters. The summed E-state index contributed by atoms with van der Waals surface area (Å²) in [6.45, 7) is 10.7. The van der Waals surface area contributed by atoms with Crippen LogP contribution in [0.1, 0.15) is 38.1 Å². The number of pyridine rings is 1. The Hall–Kier alpha value is -3.09. The summed E-state index contributed by atoms with van der Waals surface area (Å²) >= 11 is 0. The molecule has 34 heavy (non-hydrogen) atoms. The van der Waals surface area contributed by atoms with E-state index in [0.29, 0.717) is 10.8 Å². The van der Waals surface area contributed by atoms with Gasteiger partial charge < -0.3 is 18.5 Å². The molecule has 1 radical (unpaired) electrons. The van der Waals surface area contributed by atoms with Crippen molar-refractivity contribution in [2.24, 2.45) is 0 Å². The predicted octanol–water partition coefficient (Wildman–Crippen LogP) is 6.28. The molecule has 177 valence electrons. The van der Waals surface area contributed by atoms with Crippen LogP contribution in [0.5, 0.6) is 11.5 Å². The Morgan fingerprint density at radius 2 is 1.29 bits per heavy atom. The molecule has 1 heterocycles. The van der Waals surface area contributed by atoms with Gasteiger partial charge in [0, 0.05) is 21.9 Å². The molecular weight excluding hydrogens is 442 g/mol. The number of rotatable bonds is 6. The maximum atomic E-state index is 13.3. The van der Waals surface area contributed by atoms with Gasteiger partial charge in [-0.1, -0.05) is 45.0 Å². The number of hydrogen-bond acceptors (Lipinski definition) is 4. The van der Waals surface area contributed by atoms with Crippen molar-refractivity contribution in [2.75, 3.05) is 14.2 Å². The number of para-hydroxylation sites is 2. The van der Waals surface area contributed by atoms with E-state index >= 15 is 0 Å². The number of methoxy groups -OCH3 is 2. The van der Waals surface area contributed by atoms with Crippen LogP contribution in [0.15, 0.2) is 65.5 Å². The Labute approximate surface area is 202 Å². The molecule has 0 fully saturated rings. The Balaban J connectivity index is 2.11. The summed E-state index contributed by atoms with van der Waals surface area (Å²) in [7, 11) is 2.24. The largest absolute Gasteiger partial charge is 0.496 e. The van der Waals surface area contributed by atoms with Crippen LogP contribution in [0, 0.1) is 0 Å². The van der Waals surface area contributed by atoms with Crippen LogP contribution in [0.25, 0.3) is 21.8 Å². The molecule has 0 aliphatic heterocycles. The minimum atomic E-state index is -1.13. The highest BCUT2D eigenvalue weighted by molar-refractivity contribution is 6.48. The van der Waals surface area contributed by atoms with Crippen LogP contribution in [0.2, 0.25) is 13.1 Å². The van der Waals surface area contributed by atoms with E-state index in [-0.39, 0.29) is 10.8 Å². The van der Waals surface area contributed by atoms with Gasteiger partial charge in [-0.25, -0.2) is 0 Å². The van der Waals surface area contributed by atoms with E-state index in [0.717, 1.165) is 33.7 Å². The van der Waals surface area contributed by atoms with Crippen LogP contribution in [0.4, 0.5) is 0 Å². The van der Waals surface area contributed by atoms with Crippen molar-refractivity contribution in [3.63, 3.8) is 0 Å². The number of nitrogens with zero attached hydrogens (tertiary/aromatic N) is 1. The lowest BCUT2D eigenvalue weighted by atomic mass is 9.84. The second kappa shape index (κ2) is 9.28. The summed E-state index contributed by atoms with van der Waals surface area (Å²) < 4.78 is 20.5. The summed E-state index contributed by atoms with van der Waals surface area (Å²) in [5, 5.41) is 1.34. The van der Waals surface area contributed by atoms with Gasteiger partial charge in [-0.05, 0) is 54.9 Å². The van der Waals surface area contributed by atoms with E-state index in [1.165, 1.54) is 0 Å². The van der Waals surface area contributed by atoms with Crippen LogP contribution in [-0.4, -0.2) is 27.8 Å². The zero-order valence-electron chi connectivity index (χ0n) is 20.9. The summed E-state index contributed by atoms with van der Waals surface area (Å²) in [6.07, 6.45) is -0.462. The lowest BCUT2D eigenvalue weighted by Gasteiger charge is -2.30. The average Bonchev–Trinajstić information content (AvgIpc) is 2.81. The number of fused-ring (bicyclic) bond motifs is 2. The molecule has 0 bridgehead atoms. The van der Waals surface area contributed by atoms with Crippen molar-refractivity contribution >= 4 is 30.8 Å². The standard InChI is InChI=1S/C28H32NO4Si/c1-28(2,3)25-23(31-4)16-18(17-24(25)32-5)27(33-34(6)7)29-21-14-10-8-12-19(21)26(30)20-13-9-11-15-22(20)29/h8-17,27H,1-7H3. The molecule has 0 saturated heterocycles. The molecule has 0 spiro atoms. The zero-order valence-corrected chi connectivity index (χ0v) is 21.9. The van der Waals surface area contributed by atoms with E-state index in [2.05, 4.69) is 38.4 Å². The lowest BCUT2D eigenvalue weighted by molar-refractivity contribution is 0.184. The normalized spacial score (nSPS) is 12.9. The highest BCUT2D eigenvalue weighted by Gasteiger charge is 2.28. The number of benzene rings is 3. The van der Waals surface area contributed by atoms with Gasteiger partial charge in [0.15, 0.2) is 11.7 Å². The van der Waals surface area contributed by atoms with E-state index in [9.17, 15) is 4.79 Å². The third-order valence-corrected chi connectivity index (χ3v) is 6.66. The third kappa shape index (κ3) is 4.24. The number of hydrogen-bond donors (Lipinski definition) is 0. The third-order valence-electron chi connectivity index (χ3n) is 5.96. The predicted molar refractivity (Wildman–Crippen MR) is 141 cm³/mol. The number of aromatic nitrogens is 1. The number of ether oxygens (including phenoxy) is 2. The fourth-order valence-electron chi connectivity index (χ4n) is 4.59. The minimum absolute atomic E-state index is 0.0259. The van der Waals surface area contributed by atoms with E-state index in [4.69, 9.17) is 13.9 Å².